The van der Waals surface area contributed by atoms with Crippen molar-refractivity contribution in [2.24, 2.45) is 0 Å². The lowest BCUT2D eigenvalue weighted by atomic mass is 9.83. The van der Waals surface area contributed by atoms with Crippen LogP contribution in [0.25, 0.3) is 10.9 Å². The van der Waals surface area contributed by atoms with Gasteiger partial charge in [-0.1, -0.05) is 41.5 Å². The number of benzene rings is 1. The molecule has 0 unspecified atom stereocenters. The number of aliphatic hydroxyl groups excluding tert-OH is 1. The Balaban J connectivity index is 0.000000671. The van der Waals surface area contributed by atoms with Crippen molar-refractivity contribution in [3.05, 3.63) is 69.9 Å². The Labute approximate surface area is 194 Å². The maximum absolute atomic E-state index is 12.8. The van der Waals surface area contributed by atoms with E-state index in [4.69, 9.17) is 16.4 Å². The number of aromatic amines is 1. The Morgan fingerprint density at radius 3 is 2.69 bits per heavy atom. The molecule has 1 heterocycles. The lowest BCUT2D eigenvalue weighted by Gasteiger charge is -2.30. The lowest BCUT2D eigenvalue weighted by Crippen LogP contribution is -2.40. The molecule has 2 aliphatic carbocycles. The van der Waals surface area contributed by atoms with Crippen molar-refractivity contribution < 1.29 is 14.7 Å². The molecule has 2 aromatic rings. The summed E-state index contributed by atoms with van der Waals surface area (Å²) in [5.74, 6) is -0.153. The van der Waals surface area contributed by atoms with Gasteiger partial charge in [-0.3, -0.25) is 4.79 Å². The number of aldehydes is 1. The number of H-pyrrole nitrogens is 1. The van der Waals surface area contributed by atoms with Gasteiger partial charge in [0.2, 0.25) is 0 Å². The van der Waals surface area contributed by atoms with Crippen molar-refractivity contribution in [1.29, 1.82) is 0 Å². The van der Waals surface area contributed by atoms with Crippen LogP contribution in [0.4, 0.5) is 0 Å². The summed E-state index contributed by atoms with van der Waals surface area (Å²) in [6, 6.07) is 5.48. The topological polar surface area (TPSA) is 82.2 Å². The minimum absolute atomic E-state index is 0.0800. The first kappa shape index (κ1) is 25.2. The normalized spacial score (nSPS) is 20.4. The summed E-state index contributed by atoms with van der Waals surface area (Å²) in [4.78, 5) is 24.8. The molecule has 3 N–H and O–H groups in total. The molecule has 0 radical (unpaired) electrons. The van der Waals surface area contributed by atoms with Gasteiger partial charge in [-0.2, -0.15) is 0 Å². The third-order valence-corrected chi connectivity index (χ3v) is 5.56. The first-order valence-corrected chi connectivity index (χ1v) is 10.8. The number of fused-ring (bicyclic) bond motifs is 1. The predicted octanol–water partition coefficient (Wildman–Crippen LogP) is 5.04. The van der Waals surface area contributed by atoms with Crippen molar-refractivity contribution in [2.75, 3.05) is 0 Å². The highest BCUT2D eigenvalue weighted by atomic mass is 35.5. The quantitative estimate of drug-likeness (QED) is 0.339. The maximum atomic E-state index is 12.8. The molecule has 1 aromatic heterocycles. The molecule has 0 spiro atoms. The Morgan fingerprint density at radius 1 is 1.25 bits per heavy atom. The first-order valence-electron chi connectivity index (χ1n) is 10.5. The van der Waals surface area contributed by atoms with E-state index in [1.807, 2.05) is 31.2 Å². The van der Waals surface area contributed by atoms with Gasteiger partial charge < -0.3 is 20.2 Å². The van der Waals surface area contributed by atoms with E-state index in [9.17, 15) is 9.90 Å². The molecule has 168 valence electrons. The van der Waals surface area contributed by atoms with Crippen LogP contribution in [0, 0.1) is 19.8 Å². The second kappa shape index (κ2) is 12.1. The van der Waals surface area contributed by atoms with Gasteiger partial charge in [0, 0.05) is 22.0 Å². The molecule has 1 amide bonds. The monoisotopic (exact) mass is 452 g/mol. The molecule has 6 heteroatoms. The Bertz CT molecular complexity index is 1080. The number of aromatic nitrogens is 1. The number of aryl methyl sites for hydroxylation is 1. The van der Waals surface area contributed by atoms with Gasteiger partial charge in [0.1, 0.15) is 12.0 Å². The van der Waals surface area contributed by atoms with E-state index in [0.29, 0.717) is 17.1 Å². The maximum Gasteiger partial charge on any atom is 0.267 e. The van der Waals surface area contributed by atoms with Crippen LogP contribution in [0.5, 0.6) is 0 Å². The molecule has 2 atom stereocenters. The molecule has 4 rings (SSSR count). The van der Waals surface area contributed by atoms with Crippen LogP contribution in [0.3, 0.4) is 0 Å². The highest BCUT2D eigenvalue weighted by Gasteiger charge is 2.28. The standard InChI is InChI=1S/C22H23ClN2O2.C2H4O.C2H2/c1-13-8-16(23)9-15-11-19(25-21(13)15)22(27)24-17-10-14-6-4-2-3-5-7-18(14)20(26)12-17;1-2-3;1-2/h2,4-5,7-9,11,17,20,25-26H,3,6,10,12H2,1H3,(H,24,27);2H,1H3;1-2H/b4-2-,7-5?;;/t17-,20-;;/m0../s1. The minimum atomic E-state index is -0.537. The highest BCUT2D eigenvalue weighted by Crippen LogP contribution is 2.31. The van der Waals surface area contributed by atoms with Gasteiger partial charge in [0.05, 0.1) is 6.10 Å². The molecule has 0 saturated carbocycles. The van der Waals surface area contributed by atoms with Crippen LogP contribution in [-0.2, 0) is 4.79 Å². The molecular formula is C26H29ClN2O3. The zero-order valence-electron chi connectivity index (χ0n) is 18.4. The number of carbonyl (C=O) groups is 2. The smallest absolute Gasteiger partial charge is 0.267 e. The van der Waals surface area contributed by atoms with Crippen LogP contribution in [0.2, 0.25) is 5.02 Å². The van der Waals surface area contributed by atoms with Crippen LogP contribution in [0.15, 0.2) is 53.6 Å². The van der Waals surface area contributed by atoms with Gasteiger partial charge in [-0.15, -0.1) is 12.8 Å². The zero-order valence-corrected chi connectivity index (χ0v) is 19.2. The number of hydrogen-bond donors (Lipinski definition) is 3. The minimum Gasteiger partial charge on any atom is -0.388 e. The molecule has 1 aromatic carbocycles. The van der Waals surface area contributed by atoms with Crippen molar-refractivity contribution in [2.45, 2.75) is 51.7 Å². The average Bonchev–Trinajstić information content (AvgIpc) is 3.16. The third-order valence-electron chi connectivity index (χ3n) is 5.34. The summed E-state index contributed by atoms with van der Waals surface area (Å²) in [6.45, 7) is 3.41. The number of allylic oxidation sites excluding steroid dienone is 3. The first-order chi connectivity index (χ1) is 15.4. The van der Waals surface area contributed by atoms with E-state index < -0.39 is 6.10 Å². The van der Waals surface area contributed by atoms with Crippen molar-refractivity contribution in [3.63, 3.8) is 0 Å². The molecular weight excluding hydrogens is 424 g/mol. The summed E-state index contributed by atoms with van der Waals surface area (Å²) < 4.78 is 0. The van der Waals surface area contributed by atoms with E-state index in [1.165, 1.54) is 12.5 Å². The van der Waals surface area contributed by atoms with Crippen LogP contribution < -0.4 is 5.32 Å². The molecule has 0 fully saturated rings. The van der Waals surface area contributed by atoms with Crippen LogP contribution >= 0.6 is 11.6 Å². The second-order valence-electron chi connectivity index (χ2n) is 7.60. The number of terminal acetylenes is 1. The summed E-state index contributed by atoms with van der Waals surface area (Å²) in [5, 5.41) is 15.2. The van der Waals surface area contributed by atoms with Crippen molar-refractivity contribution >= 4 is 34.7 Å². The van der Waals surface area contributed by atoms with Gasteiger partial charge in [0.15, 0.2) is 0 Å². The number of rotatable bonds is 2. The fourth-order valence-corrected chi connectivity index (χ4v) is 4.31. The van der Waals surface area contributed by atoms with E-state index in [2.05, 4.69) is 41.4 Å². The van der Waals surface area contributed by atoms with Gasteiger partial charge in [-0.05, 0) is 68.9 Å². The van der Waals surface area contributed by atoms with E-state index in [1.54, 1.807) is 0 Å². The Kier molecular flexibility index (Phi) is 9.52. The van der Waals surface area contributed by atoms with Gasteiger partial charge >= 0.3 is 0 Å². The zero-order chi connectivity index (χ0) is 23.7. The SMILES string of the molecule is C#C.CC=O.Cc1cc(Cl)cc2cc(C(=O)N[C@H]3CC4=C(C=CC/C=C\C4)[C@@H](O)C3)[nH]c12. The summed E-state index contributed by atoms with van der Waals surface area (Å²) in [7, 11) is 0. The number of halogens is 1. The fourth-order valence-electron chi connectivity index (χ4n) is 4.03. The molecule has 0 bridgehead atoms. The van der Waals surface area contributed by atoms with Crippen molar-refractivity contribution in [1.82, 2.24) is 10.3 Å². The fraction of sp³-hybridized carbons (Fsp3) is 0.308. The highest BCUT2D eigenvalue weighted by molar-refractivity contribution is 6.31. The van der Waals surface area contributed by atoms with E-state index in [-0.39, 0.29) is 11.9 Å². The summed E-state index contributed by atoms with van der Waals surface area (Å²) in [5.41, 5.74) is 4.66. The molecule has 0 aliphatic heterocycles. The average molecular weight is 453 g/mol. The third kappa shape index (κ3) is 6.23. The van der Waals surface area contributed by atoms with E-state index in [0.717, 1.165) is 47.6 Å². The second-order valence-corrected chi connectivity index (χ2v) is 8.04. The molecule has 0 saturated heterocycles. The number of nitrogens with one attached hydrogen (secondary N) is 2. The summed E-state index contributed by atoms with van der Waals surface area (Å²) in [6.07, 6.45) is 19.6. The number of amides is 1. The molecule has 5 nitrogen and oxygen atoms in total. The molecule has 32 heavy (non-hydrogen) atoms. The Hall–Kier alpha value is -3.07. The van der Waals surface area contributed by atoms with Crippen LogP contribution in [0.1, 0.15) is 48.7 Å². The van der Waals surface area contributed by atoms with Gasteiger partial charge in [0.25, 0.3) is 5.91 Å². The number of aliphatic hydroxyl groups is 1. The van der Waals surface area contributed by atoms with Gasteiger partial charge in [-0.25, -0.2) is 0 Å². The van der Waals surface area contributed by atoms with Crippen LogP contribution in [-0.4, -0.2) is 34.4 Å². The number of carbonyl (C=O) groups excluding carboxylic acids is 2. The van der Waals surface area contributed by atoms with E-state index >= 15 is 0 Å². The Morgan fingerprint density at radius 2 is 1.97 bits per heavy atom. The summed E-state index contributed by atoms with van der Waals surface area (Å²) >= 11 is 6.12. The largest absolute Gasteiger partial charge is 0.388 e. The molecule has 2 aliphatic rings. The number of hydrogen-bond acceptors (Lipinski definition) is 3. The lowest BCUT2D eigenvalue weighted by molar-refractivity contribution is -0.106. The predicted molar refractivity (Wildman–Crippen MR) is 131 cm³/mol. The van der Waals surface area contributed by atoms with Crippen molar-refractivity contribution in [3.8, 4) is 12.8 Å².